The van der Waals surface area contributed by atoms with E-state index in [2.05, 4.69) is 20.8 Å². The van der Waals surface area contributed by atoms with Crippen LogP contribution in [0.5, 0.6) is 5.75 Å². The fourth-order valence-electron chi connectivity index (χ4n) is 3.44. The predicted molar refractivity (Wildman–Crippen MR) is 144 cm³/mol. The summed E-state index contributed by atoms with van der Waals surface area (Å²) >= 11 is 2.90. The first-order valence-corrected chi connectivity index (χ1v) is 13.8. The van der Waals surface area contributed by atoms with E-state index in [1.54, 1.807) is 43.1 Å². The Kier molecular flexibility index (Phi) is 10.3. The van der Waals surface area contributed by atoms with Gasteiger partial charge in [-0.05, 0) is 61.8 Å². The summed E-state index contributed by atoms with van der Waals surface area (Å²) in [6.07, 6.45) is 2.66. The van der Waals surface area contributed by atoms with Crippen molar-refractivity contribution in [2.24, 2.45) is 0 Å². The Morgan fingerprint density at radius 1 is 1.14 bits per heavy atom. The molecule has 2 aromatic carbocycles. The molecule has 0 aliphatic heterocycles. The number of aromatic nitrogens is 3. The van der Waals surface area contributed by atoms with Crippen LogP contribution in [0.4, 0.5) is 11.4 Å². The van der Waals surface area contributed by atoms with Gasteiger partial charge in [-0.15, -0.1) is 10.2 Å². The zero-order valence-electron chi connectivity index (χ0n) is 20.7. The summed E-state index contributed by atoms with van der Waals surface area (Å²) in [5.41, 5.74) is 0.924. The molecule has 196 valence electrons. The van der Waals surface area contributed by atoms with E-state index in [0.717, 1.165) is 5.75 Å². The highest BCUT2D eigenvalue weighted by Gasteiger charge is 2.23. The summed E-state index contributed by atoms with van der Waals surface area (Å²) in [6, 6.07) is 12.1. The number of methoxy groups -OCH3 is 1. The van der Waals surface area contributed by atoms with Gasteiger partial charge in [0.2, 0.25) is 5.91 Å². The lowest BCUT2D eigenvalue weighted by molar-refractivity contribution is -0.384. The Morgan fingerprint density at radius 3 is 2.43 bits per heavy atom. The Balaban J connectivity index is 1.68. The Bertz CT molecular complexity index is 1220. The van der Waals surface area contributed by atoms with Crippen molar-refractivity contribution in [3.8, 4) is 5.75 Å². The van der Waals surface area contributed by atoms with Crippen LogP contribution in [0, 0.1) is 10.1 Å². The Labute approximate surface area is 222 Å². The largest absolute Gasteiger partial charge is 0.497 e. The summed E-state index contributed by atoms with van der Waals surface area (Å²) in [7, 11) is 1.57. The number of rotatable bonds is 13. The molecule has 0 bridgehead atoms. The molecule has 0 spiro atoms. The minimum Gasteiger partial charge on any atom is -0.497 e. The van der Waals surface area contributed by atoms with E-state index >= 15 is 0 Å². The summed E-state index contributed by atoms with van der Waals surface area (Å²) in [4.78, 5) is 35.7. The maximum Gasteiger partial charge on any atom is 0.269 e. The van der Waals surface area contributed by atoms with E-state index in [-0.39, 0.29) is 29.3 Å². The van der Waals surface area contributed by atoms with Gasteiger partial charge in [0, 0.05) is 29.9 Å². The SMILES string of the molecule is CCn1c(SCC(=O)Nc2ccc([N+](=O)[O-])cc2)nnc1[C@@H](CCSC)NC(=O)c1ccc(OC)cc1. The third kappa shape index (κ3) is 7.70. The highest BCUT2D eigenvalue weighted by atomic mass is 32.2. The van der Waals surface area contributed by atoms with Crippen LogP contribution < -0.4 is 15.4 Å². The molecule has 13 heteroatoms. The molecule has 37 heavy (non-hydrogen) atoms. The van der Waals surface area contributed by atoms with Gasteiger partial charge in [0.25, 0.3) is 11.6 Å². The van der Waals surface area contributed by atoms with E-state index in [0.29, 0.717) is 40.9 Å². The highest BCUT2D eigenvalue weighted by molar-refractivity contribution is 7.99. The molecule has 1 heterocycles. The molecule has 0 unspecified atom stereocenters. The zero-order valence-corrected chi connectivity index (χ0v) is 22.3. The number of anilines is 1. The van der Waals surface area contributed by atoms with Crippen LogP contribution in [0.1, 0.15) is 35.6 Å². The minimum absolute atomic E-state index is 0.0499. The molecule has 0 saturated carbocycles. The summed E-state index contributed by atoms with van der Waals surface area (Å²) in [5, 5.41) is 25.8. The van der Waals surface area contributed by atoms with E-state index in [4.69, 9.17) is 4.74 Å². The van der Waals surface area contributed by atoms with E-state index in [9.17, 15) is 19.7 Å². The molecule has 0 fully saturated rings. The Morgan fingerprint density at radius 2 is 1.84 bits per heavy atom. The standard InChI is InChI=1S/C24H28N6O5S2/c1-4-29-22(20(13-14-36-3)26-23(32)16-5-11-19(35-2)12-6-16)27-28-24(29)37-15-21(31)25-17-7-9-18(10-8-17)30(33)34/h5-12,20H,4,13-15H2,1-3H3,(H,25,31)(H,26,32)/t20-/m1/s1. The molecule has 3 aromatic rings. The minimum atomic E-state index is -0.498. The number of thioether (sulfide) groups is 2. The molecular formula is C24H28N6O5S2. The predicted octanol–water partition coefficient (Wildman–Crippen LogP) is 4.17. The number of benzene rings is 2. The number of hydrogen-bond donors (Lipinski definition) is 2. The topological polar surface area (TPSA) is 141 Å². The molecule has 1 atom stereocenters. The fraction of sp³-hybridized carbons (Fsp3) is 0.333. The molecule has 3 rings (SSSR count). The molecule has 0 radical (unpaired) electrons. The number of hydrogen-bond acceptors (Lipinski definition) is 9. The number of nitro groups is 1. The first-order valence-electron chi connectivity index (χ1n) is 11.4. The van der Waals surface area contributed by atoms with Gasteiger partial charge in [0.05, 0.1) is 23.8 Å². The monoisotopic (exact) mass is 544 g/mol. The normalized spacial score (nSPS) is 11.5. The van der Waals surface area contributed by atoms with Gasteiger partial charge in [0.1, 0.15) is 5.75 Å². The van der Waals surface area contributed by atoms with Gasteiger partial charge < -0.3 is 19.9 Å². The second kappa shape index (κ2) is 13.7. The highest BCUT2D eigenvalue weighted by Crippen LogP contribution is 2.24. The number of carbonyl (C=O) groups is 2. The van der Waals surface area contributed by atoms with Gasteiger partial charge in [0.15, 0.2) is 11.0 Å². The molecule has 11 nitrogen and oxygen atoms in total. The third-order valence-electron chi connectivity index (χ3n) is 5.34. The van der Waals surface area contributed by atoms with Crippen molar-refractivity contribution < 1.29 is 19.2 Å². The van der Waals surface area contributed by atoms with Crippen LogP contribution in [-0.4, -0.2) is 56.4 Å². The number of amides is 2. The molecule has 0 aliphatic rings. The average Bonchev–Trinajstić information content (AvgIpc) is 3.32. The summed E-state index contributed by atoms with van der Waals surface area (Å²) in [6.45, 7) is 2.51. The van der Waals surface area contributed by atoms with Crippen molar-refractivity contribution in [1.82, 2.24) is 20.1 Å². The molecule has 1 aromatic heterocycles. The maximum atomic E-state index is 12.9. The van der Waals surface area contributed by atoms with Gasteiger partial charge in [-0.25, -0.2) is 0 Å². The zero-order chi connectivity index (χ0) is 26.8. The van der Waals surface area contributed by atoms with Crippen molar-refractivity contribution >= 4 is 46.7 Å². The fourth-order valence-corrected chi connectivity index (χ4v) is 4.72. The average molecular weight is 545 g/mol. The molecule has 0 saturated heterocycles. The number of nitro benzene ring substituents is 1. The van der Waals surface area contributed by atoms with Crippen LogP contribution in [-0.2, 0) is 11.3 Å². The molecular weight excluding hydrogens is 516 g/mol. The molecule has 2 N–H and O–H groups in total. The van der Waals surface area contributed by atoms with Gasteiger partial charge in [-0.3, -0.25) is 19.7 Å². The van der Waals surface area contributed by atoms with Crippen LogP contribution in [0.15, 0.2) is 53.7 Å². The van der Waals surface area contributed by atoms with Gasteiger partial charge in [-0.1, -0.05) is 11.8 Å². The molecule has 2 amide bonds. The lowest BCUT2D eigenvalue weighted by Gasteiger charge is -2.19. The van der Waals surface area contributed by atoms with Crippen LogP contribution in [0.25, 0.3) is 0 Å². The van der Waals surface area contributed by atoms with E-state index < -0.39 is 4.92 Å². The molecule has 0 aliphatic carbocycles. The van der Waals surface area contributed by atoms with Crippen molar-refractivity contribution in [3.63, 3.8) is 0 Å². The van der Waals surface area contributed by atoms with Crippen molar-refractivity contribution in [1.29, 1.82) is 0 Å². The number of carbonyl (C=O) groups excluding carboxylic acids is 2. The third-order valence-corrected chi connectivity index (χ3v) is 6.95. The second-order valence-electron chi connectivity index (χ2n) is 7.76. The van der Waals surface area contributed by atoms with Gasteiger partial charge >= 0.3 is 0 Å². The van der Waals surface area contributed by atoms with Crippen molar-refractivity contribution in [2.75, 3.05) is 30.2 Å². The number of nitrogens with zero attached hydrogens (tertiary/aromatic N) is 4. The van der Waals surface area contributed by atoms with Crippen LogP contribution in [0.2, 0.25) is 0 Å². The van der Waals surface area contributed by atoms with E-state index in [1.165, 1.54) is 36.0 Å². The van der Waals surface area contributed by atoms with Crippen molar-refractivity contribution in [3.05, 3.63) is 70.0 Å². The summed E-state index contributed by atoms with van der Waals surface area (Å²) in [5.74, 6) is 1.67. The first kappa shape index (κ1) is 28.0. The number of non-ortho nitro benzene ring substituents is 1. The van der Waals surface area contributed by atoms with E-state index in [1.807, 2.05) is 17.7 Å². The smallest absolute Gasteiger partial charge is 0.269 e. The number of nitrogens with one attached hydrogen (secondary N) is 2. The van der Waals surface area contributed by atoms with Gasteiger partial charge in [-0.2, -0.15) is 11.8 Å². The maximum absolute atomic E-state index is 12.9. The lowest BCUT2D eigenvalue weighted by atomic mass is 10.1. The van der Waals surface area contributed by atoms with Crippen molar-refractivity contribution in [2.45, 2.75) is 31.1 Å². The van der Waals surface area contributed by atoms with Crippen LogP contribution >= 0.6 is 23.5 Å². The van der Waals surface area contributed by atoms with Crippen LogP contribution in [0.3, 0.4) is 0 Å². The second-order valence-corrected chi connectivity index (χ2v) is 9.69. The summed E-state index contributed by atoms with van der Waals surface area (Å²) < 4.78 is 7.05. The first-order chi connectivity index (χ1) is 17.9. The Hall–Kier alpha value is -3.58. The quantitative estimate of drug-likeness (QED) is 0.184. The number of ether oxygens (including phenoxy) is 1. The lowest BCUT2D eigenvalue weighted by Crippen LogP contribution is -2.31.